The standard InChI is InChI=1S/C11H16ClNO2S/c1-8(2)6-16(14,15)7-9-5-10(13)3-4-11(9)12/h3-5,8H,6-7,13H2,1-2H3. The van der Waals surface area contributed by atoms with E-state index in [4.69, 9.17) is 17.3 Å². The van der Waals surface area contributed by atoms with Gasteiger partial charge in [0.05, 0.1) is 11.5 Å². The van der Waals surface area contributed by atoms with Gasteiger partial charge in [-0.15, -0.1) is 0 Å². The Balaban J connectivity index is 2.92. The normalized spacial score (nSPS) is 12.0. The molecule has 16 heavy (non-hydrogen) atoms. The van der Waals surface area contributed by atoms with E-state index < -0.39 is 9.84 Å². The highest BCUT2D eigenvalue weighted by Gasteiger charge is 2.16. The summed E-state index contributed by atoms with van der Waals surface area (Å²) in [6, 6.07) is 4.89. The van der Waals surface area contributed by atoms with Gasteiger partial charge in [-0.05, 0) is 29.7 Å². The SMILES string of the molecule is CC(C)CS(=O)(=O)Cc1cc(N)ccc1Cl. The van der Waals surface area contributed by atoms with Crippen LogP contribution >= 0.6 is 11.6 Å². The third-order valence-electron chi connectivity index (χ3n) is 2.03. The molecule has 0 amide bonds. The van der Waals surface area contributed by atoms with Crippen molar-refractivity contribution in [1.82, 2.24) is 0 Å². The van der Waals surface area contributed by atoms with Crippen LogP contribution in [0.2, 0.25) is 5.02 Å². The molecule has 1 rings (SSSR count). The zero-order chi connectivity index (χ0) is 12.3. The highest BCUT2D eigenvalue weighted by atomic mass is 35.5. The molecule has 0 spiro atoms. The summed E-state index contributed by atoms with van der Waals surface area (Å²) in [6.07, 6.45) is 0. The monoisotopic (exact) mass is 261 g/mol. The van der Waals surface area contributed by atoms with Crippen molar-refractivity contribution >= 4 is 27.1 Å². The lowest BCUT2D eigenvalue weighted by atomic mass is 10.2. The Kier molecular flexibility index (Phi) is 4.21. The Hall–Kier alpha value is -0.740. The van der Waals surface area contributed by atoms with E-state index in [0.717, 1.165) is 0 Å². The smallest absolute Gasteiger partial charge is 0.154 e. The van der Waals surface area contributed by atoms with E-state index in [0.29, 0.717) is 16.3 Å². The van der Waals surface area contributed by atoms with Crippen molar-refractivity contribution in [3.05, 3.63) is 28.8 Å². The fraction of sp³-hybridized carbons (Fsp3) is 0.455. The van der Waals surface area contributed by atoms with Gasteiger partial charge in [0.2, 0.25) is 0 Å². The van der Waals surface area contributed by atoms with Gasteiger partial charge in [-0.3, -0.25) is 0 Å². The second kappa shape index (κ2) is 5.06. The lowest BCUT2D eigenvalue weighted by Crippen LogP contribution is -2.14. The zero-order valence-electron chi connectivity index (χ0n) is 9.40. The Morgan fingerprint density at radius 3 is 2.56 bits per heavy atom. The van der Waals surface area contributed by atoms with E-state index in [1.807, 2.05) is 13.8 Å². The number of rotatable bonds is 4. The second-order valence-corrected chi connectivity index (χ2v) is 6.82. The van der Waals surface area contributed by atoms with E-state index in [1.165, 1.54) is 0 Å². The lowest BCUT2D eigenvalue weighted by molar-refractivity contribution is 0.581. The summed E-state index contributed by atoms with van der Waals surface area (Å²) in [7, 11) is -3.11. The largest absolute Gasteiger partial charge is 0.399 e. The molecule has 0 atom stereocenters. The van der Waals surface area contributed by atoms with Gasteiger partial charge < -0.3 is 5.73 Å². The first kappa shape index (κ1) is 13.3. The van der Waals surface area contributed by atoms with Crippen LogP contribution in [0.1, 0.15) is 19.4 Å². The van der Waals surface area contributed by atoms with Crippen LogP contribution in [0.25, 0.3) is 0 Å². The number of sulfone groups is 1. The molecule has 0 heterocycles. The fourth-order valence-corrected chi connectivity index (χ4v) is 3.62. The van der Waals surface area contributed by atoms with Crippen LogP contribution in [0.15, 0.2) is 18.2 Å². The molecule has 0 fully saturated rings. The van der Waals surface area contributed by atoms with Gasteiger partial charge in [0.15, 0.2) is 9.84 Å². The van der Waals surface area contributed by atoms with Crippen molar-refractivity contribution in [3.8, 4) is 0 Å². The van der Waals surface area contributed by atoms with E-state index in [2.05, 4.69) is 0 Å². The highest BCUT2D eigenvalue weighted by Crippen LogP contribution is 2.21. The molecule has 1 aromatic carbocycles. The van der Waals surface area contributed by atoms with Crippen LogP contribution in [-0.2, 0) is 15.6 Å². The average molecular weight is 262 g/mol. The molecular formula is C11H16ClNO2S. The lowest BCUT2D eigenvalue weighted by Gasteiger charge is -2.09. The molecular weight excluding hydrogens is 246 g/mol. The van der Waals surface area contributed by atoms with E-state index >= 15 is 0 Å². The molecule has 0 aliphatic carbocycles. The van der Waals surface area contributed by atoms with Crippen LogP contribution < -0.4 is 5.73 Å². The van der Waals surface area contributed by atoms with Gasteiger partial charge in [-0.2, -0.15) is 0 Å². The maximum atomic E-state index is 11.8. The Labute approximate surface area is 102 Å². The molecule has 3 nitrogen and oxygen atoms in total. The molecule has 0 radical (unpaired) electrons. The minimum atomic E-state index is -3.11. The maximum absolute atomic E-state index is 11.8. The summed E-state index contributed by atoms with van der Waals surface area (Å²) in [5, 5.41) is 0.446. The highest BCUT2D eigenvalue weighted by molar-refractivity contribution is 7.90. The van der Waals surface area contributed by atoms with E-state index in [9.17, 15) is 8.42 Å². The van der Waals surface area contributed by atoms with Crippen LogP contribution in [0.3, 0.4) is 0 Å². The number of anilines is 1. The number of hydrogen-bond acceptors (Lipinski definition) is 3. The molecule has 0 saturated heterocycles. The quantitative estimate of drug-likeness (QED) is 0.847. The van der Waals surface area contributed by atoms with Crippen molar-refractivity contribution in [2.75, 3.05) is 11.5 Å². The van der Waals surface area contributed by atoms with Crippen LogP contribution in [0.5, 0.6) is 0 Å². The number of nitrogens with two attached hydrogens (primary N) is 1. The number of benzene rings is 1. The molecule has 0 aliphatic rings. The molecule has 0 aliphatic heterocycles. The first-order chi connectivity index (χ1) is 7.30. The van der Waals surface area contributed by atoms with Crippen molar-refractivity contribution < 1.29 is 8.42 Å². The molecule has 0 aromatic heterocycles. The molecule has 0 unspecified atom stereocenters. The summed E-state index contributed by atoms with van der Waals surface area (Å²) in [5.74, 6) is 0.234. The third kappa shape index (κ3) is 4.02. The van der Waals surface area contributed by atoms with Crippen LogP contribution in [0, 0.1) is 5.92 Å². The molecule has 0 bridgehead atoms. The van der Waals surface area contributed by atoms with Gasteiger partial charge in [-0.1, -0.05) is 25.4 Å². The Bertz CT molecular complexity index is 469. The molecule has 90 valence electrons. The summed E-state index contributed by atoms with van der Waals surface area (Å²) in [5.41, 5.74) is 6.69. The van der Waals surface area contributed by atoms with Crippen molar-refractivity contribution in [2.24, 2.45) is 5.92 Å². The summed E-state index contributed by atoms with van der Waals surface area (Å²) in [4.78, 5) is 0. The van der Waals surface area contributed by atoms with Gasteiger partial charge in [0.25, 0.3) is 0 Å². The summed E-state index contributed by atoms with van der Waals surface area (Å²) < 4.78 is 23.5. The van der Waals surface area contributed by atoms with Gasteiger partial charge in [0, 0.05) is 10.7 Å². The second-order valence-electron chi connectivity index (χ2n) is 4.30. The Morgan fingerprint density at radius 1 is 1.38 bits per heavy atom. The fourth-order valence-electron chi connectivity index (χ4n) is 1.51. The molecule has 2 N–H and O–H groups in total. The molecule has 0 saturated carbocycles. The van der Waals surface area contributed by atoms with Gasteiger partial charge in [0.1, 0.15) is 0 Å². The van der Waals surface area contributed by atoms with Crippen LogP contribution in [0.4, 0.5) is 5.69 Å². The first-order valence-corrected chi connectivity index (χ1v) is 7.24. The van der Waals surface area contributed by atoms with Crippen molar-refractivity contribution in [2.45, 2.75) is 19.6 Å². The maximum Gasteiger partial charge on any atom is 0.154 e. The summed E-state index contributed by atoms with van der Waals surface area (Å²) in [6.45, 7) is 3.75. The predicted molar refractivity (Wildman–Crippen MR) is 68.2 cm³/mol. The van der Waals surface area contributed by atoms with E-state index in [-0.39, 0.29) is 17.4 Å². The van der Waals surface area contributed by atoms with Crippen molar-refractivity contribution in [1.29, 1.82) is 0 Å². The van der Waals surface area contributed by atoms with E-state index in [1.54, 1.807) is 18.2 Å². The number of nitrogen functional groups attached to an aromatic ring is 1. The average Bonchev–Trinajstić information content (AvgIpc) is 2.08. The van der Waals surface area contributed by atoms with Crippen molar-refractivity contribution in [3.63, 3.8) is 0 Å². The Morgan fingerprint density at radius 2 is 2.00 bits per heavy atom. The molecule has 5 heteroatoms. The molecule has 1 aromatic rings. The third-order valence-corrected chi connectivity index (χ3v) is 4.33. The first-order valence-electron chi connectivity index (χ1n) is 5.04. The topological polar surface area (TPSA) is 60.2 Å². The van der Waals surface area contributed by atoms with Crippen LogP contribution in [-0.4, -0.2) is 14.2 Å². The van der Waals surface area contributed by atoms with Gasteiger partial charge in [-0.25, -0.2) is 8.42 Å². The zero-order valence-corrected chi connectivity index (χ0v) is 11.0. The number of halogens is 1. The minimum absolute atomic E-state index is 0.0466. The van der Waals surface area contributed by atoms with Gasteiger partial charge >= 0.3 is 0 Å². The predicted octanol–water partition coefficient (Wildman–Crippen LogP) is 2.49. The number of hydrogen-bond donors (Lipinski definition) is 1. The summed E-state index contributed by atoms with van der Waals surface area (Å²) >= 11 is 5.92. The minimum Gasteiger partial charge on any atom is -0.399 e.